The average molecular weight is 383 g/mol. The van der Waals surface area contributed by atoms with E-state index < -0.39 is 0 Å². The molecule has 1 fully saturated rings. The van der Waals surface area contributed by atoms with Crippen LogP contribution in [0.2, 0.25) is 0 Å². The standard InChI is InChI=1S/C17H23BrN2O3/c1-12(2)11-23-17(22)19-15-6-8-20(9-7-15)16(21)13-4-3-5-14(18)10-13/h3-5,10,12,15H,6-9,11H2,1-2H3,(H,19,22). The third-order valence-corrected chi connectivity index (χ3v) is 4.22. The van der Waals surface area contributed by atoms with E-state index in [1.807, 2.05) is 43.0 Å². The molecule has 1 aromatic rings. The molecular weight excluding hydrogens is 360 g/mol. The van der Waals surface area contributed by atoms with Gasteiger partial charge in [0.25, 0.3) is 5.91 Å². The summed E-state index contributed by atoms with van der Waals surface area (Å²) in [5, 5.41) is 2.88. The predicted molar refractivity (Wildman–Crippen MR) is 92.4 cm³/mol. The second kappa shape index (κ2) is 8.34. The number of piperidine rings is 1. The third-order valence-electron chi connectivity index (χ3n) is 3.72. The Hall–Kier alpha value is -1.56. The lowest BCUT2D eigenvalue weighted by molar-refractivity contribution is 0.0700. The normalized spacial score (nSPS) is 15.6. The SMILES string of the molecule is CC(C)COC(=O)NC1CCN(C(=O)c2cccc(Br)c2)CC1. The fourth-order valence-electron chi connectivity index (χ4n) is 2.48. The number of likely N-dealkylation sites (tertiary alicyclic amines) is 1. The maximum atomic E-state index is 12.5. The van der Waals surface area contributed by atoms with Gasteiger partial charge < -0.3 is 15.0 Å². The molecule has 2 rings (SSSR count). The first-order chi connectivity index (χ1) is 11.0. The summed E-state index contributed by atoms with van der Waals surface area (Å²) in [6, 6.07) is 7.48. The van der Waals surface area contributed by atoms with Crippen LogP contribution in [-0.4, -0.2) is 42.6 Å². The fraction of sp³-hybridized carbons (Fsp3) is 0.529. The van der Waals surface area contributed by atoms with Gasteiger partial charge in [0.15, 0.2) is 0 Å². The van der Waals surface area contributed by atoms with Gasteiger partial charge in [-0.2, -0.15) is 0 Å². The van der Waals surface area contributed by atoms with E-state index in [0.717, 1.165) is 17.3 Å². The maximum Gasteiger partial charge on any atom is 0.407 e. The molecule has 5 nitrogen and oxygen atoms in total. The van der Waals surface area contributed by atoms with Crippen molar-refractivity contribution in [1.29, 1.82) is 0 Å². The van der Waals surface area contributed by atoms with Crippen molar-refractivity contribution in [1.82, 2.24) is 10.2 Å². The average Bonchev–Trinajstić information content (AvgIpc) is 2.53. The van der Waals surface area contributed by atoms with Gasteiger partial charge >= 0.3 is 6.09 Å². The number of hydrogen-bond donors (Lipinski definition) is 1. The number of nitrogens with zero attached hydrogens (tertiary/aromatic N) is 1. The van der Waals surface area contributed by atoms with E-state index in [2.05, 4.69) is 21.2 Å². The topological polar surface area (TPSA) is 58.6 Å². The molecule has 0 saturated carbocycles. The Morgan fingerprint density at radius 3 is 2.65 bits per heavy atom. The Kier molecular flexibility index (Phi) is 6.45. The molecule has 1 saturated heterocycles. The number of carbonyl (C=O) groups is 2. The number of amides is 2. The number of hydrogen-bond acceptors (Lipinski definition) is 3. The molecule has 0 spiro atoms. The molecule has 0 aromatic heterocycles. The first-order valence-corrected chi connectivity index (χ1v) is 8.73. The second-order valence-electron chi connectivity index (χ2n) is 6.21. The molecule has 0 atom stereocenters. The molecule has 1 aliphatic heterocycles. The van der Waals surface area contributed by atoms with E-state index >= 15 is 0 Å². The number of nitrogens with one attached hydrogen (secondary N) is 1. The number of halogens is 1. The minimum absolute atomic E-state index is 0.0344. The van der Waals surface area contributed by atoms with Crippen molar-refractivity contribution in [3.8, 4) is 0 Å². The summed E-state index contributed by atoms with van der Waals surface area (Å²) >= 11 is 3.38. The van der Waals surface area contributed by atoms with Crippen LogP contribution in [0.25, 0.3) is 0 Å². The van der Waals surface area contributed by atoms with E-state index in [4.69, 9.17) is 4.74 Å². The van der Waals surface area contributed by atoms with Crippen molar-refractivity contribution < 1.29 is 14.3 Å². The Bertz CT molecular complexity index is 555. The highest BCUT2D eigenvalue weighted by Crippen LogP contribution is 2.17. The molecule has 126 valence electrons. The second-order valence-corrected chi connectivity index (χ2v) is 7.13. The third kappa shape index (κ3) is 5.53. The van der Waals surface area contributed by atoms with Crippen LogP contribution in [0.3, 0.4) is 0 Å². The molecule has 2 amide bonds. The number of ether oxygens (including phenoxy) is 1. The van der Waals surface area contributed by atoms with Gasteiger partial charge in [-0.05, 0) is 37.0 Å². The molecule has 0 radical (unpaired) electrons. The molecule has 1 N–H and O–H groups in total. The van der Waals surface area contributed by atoms with Crippen LogP contribution in [0.5, 0.6) is 0 Å². The molecule has 1 heterocycles. The van der Waals surface area contributed by atoms with Gasteiger partial charge in [0.1, 0.15) is 0 Å². The predicted octanol–water partition coefficient (Wildman–Crippen LogP) is 3.44. The maximum absolute atomic E-state index is 12.5. The molecule has 23 heavy (non-hydrogen) atoms. The minimum Gasteiger partial charge on any atom is -0.449 e. The van der Waals surface area contributed by atoms with Crippen LogP contribution in [0.15, 0.2) is 28.7 Å². The number of benzene rings is 1. The zero-order chi connectivity index (χ0) is 16.8. The Morgan fingerprint density at radius 2 is 2.04 bits per heavy atom. The number of rotatable bonds is 4. The Morgan fingerprint density at radius 1 is 1.35 bits per heavy atom. The van der Waals surface area contributed by atoms with Crippen LogP contribution in [-0.2, 0) is 4.74 Å². The summed E-state index contributed by atoms with van der Waals surface area (Å²) in [5.74, 6) is 0.359. The van der Waals surface area contributed by atoms with Gasteiger partial charge in [0, 0.05) is 29.2 Å². The smallest absolute Gasteiger partial charge is 0.407 e. The largest absolute Gasteiger partial charge is 0.449 e. The molecule has 6 heteroatoms. The van der Waals surface area contributed by atoms with Crippen LogP contribution in [0, 0.1) is 5.92 Å². The Balaban J connectivity index is 1.79. The summed E-state index contributed by atoms with van der Waals surface area (Å²) < 4.78 is 6.02. The summed E-state index contributed by atoms with van der Waals surface area (Å²) in [5.41, 5.74) is 0.683. The minimum atomic E-state index is -0.365. The molecule has 0 aliphatic carbocycles. The molecule has 0 unspecified atom stereocenters. The number of alkyl carbamates (subject to hydrolysis) is 1. The number of carbonyl (C=O) groups excluding carboxylic acids is 2. The summed E-state index contributed by atoms with van der Waals surface area (Å²) in [6.07, 6.45) is 1.13. The van der Waals surface area contributed by atoms with E-state index in [9.17, 15) is 9.59 Å². The van der Waals surface area contributed by atoms with Crippen molar-refractivity contribution in [2.75, 3.05) is 19.7 Å². The molecular formula is C17H23BrN2O3. The highest BCUT2D eigenvalue weighted by Gasteiger charge is 2.25. The van der Waals surface area contributed by atoms with E-state index in [1.165, 1.54) is 0 Å². The monoisotopic (exact) mass is 382 g/mol. The summed E-state index contributed by atoms with van der Waals surface area (Å²) in [4.78, 5) is 26.0. The lowest BCUT2D eigenvalue weighted by Crippen LogP contribution is -2.46. The first kappa shape index (κ1) is 17.8. The molecule has 1 aliphatic rings. The van der Waals surface area contributed by atoms with E-state index in [-0.39, 0.29) is 18.0 Å². The highest BCUT2D eigenvalue weighted by molar-refractivity contribution is 9.10. The van der Waals surface area contributed by atoms with Crippen LogP contribution < -0.4 is 5.32 Å². The van der Waals surface area contributed by atoms with Crippen molar-refractivity contribution in [3.05, 3.63) is 34.3 Å². The zero-order valence-corrected chi connectivity index (χ0v) is 15.1. The molecule has 0 bridgehead atoms. The lowest BCUT2D eigenvalue weighted by Gasteiger charge is -2.32. The van der Waals surface area contributed by atoms with Gasteiger partial charge in [-0.1, -0.05) is 35.8 Å². The van der Waals surface area contributed by atoms with Gasteiger partial charge in [0.2, 0.25) is 0 Å². The van der Waals surface area contributed by atoms with E-state index in [1.54, 1.807) is 0 Å². The van der Waals surface area contributed by atoms with Crippen LogP contribution >= 0.6 is 15.9 Å². The highest BCUT2D eigenvalue weighted by atomic mass is 79.9. The zero-order valence-electron chi connectivity index (χ0n) is 13.5. The summed E-state index contributed by atoms with van der Waals surface area (Å²) in [7, 11) is 0. The lowest BCUT2D eigenvalue weighted by atomic mass is 10.0. The van der Waals surface area contributed by atoms with Crippen LogP contribution in [0.4, 0.5) is 4.79 Å². The van der Waals surface area contributed by atoms with Crippen molar-refractivity contribution in [2.45, 2.75) is 32.7 Å². The first-order valence-electron chi connectivity index (χ1n) is 7.94. The van der Waals surface area contributed by atoms with Gasteiger partial charge in [-0.25, -0.2) is 4.79 Å². The van der Waals surface area contributed by atoms with Crippen molar-refractivity contribution in [3.63, 3.8) is 0 Å². The van der Waals surface area contributed by atoms with Crippen molar-refractivity contribution >= 4 is 27.9 Å². The fourth-order valence-corrected chi connectivity index (χ4v) is 2.88. The molecule has 1 aromatic carbocycles. The van der Waals surface area contributed by atoms with Gasteiger partial charge in [-0.15, -0.1) is 0 Å². The summed E-state index contributed by atoms with van der Waals surface area (Å²) in [6.45, 7) is 5.70. The van der Waals surface area contributed by atoms with E-state index in [0.29, 0.717) is 31.2 Å². The van der Waals surface area contributed by atoms with Gasteiger partial charge in [0.05, 0.1) is 6.61 Å². The van der Waals surface area contributed by atoms with Gasteiger partial charge in [-0.3, -0.25) is 4.79 Å². The quantitative estimate of drug-likeness (QED) is 0.867. The van der Waals surface area contributed by atoms with Crippen molar-refractivity contribution in [2.24, 2.45) is 5.92 Å². The Labute approximate surface area is 145 Å². The van der Waals surface area contributed by atoms with Crippen LogP contribution in [0.1, 0.15) is 37.0 Å².